The molecule has 3 aromatic rings. The van der Waals surface area contributed by atoms with E-state index < -0.39 is 11.9 Å². The third-order valence-corrected chi connectivity index (χ3v) is 4.55. The van der Waals surface area contributed by atoms with Gasteiger partial charge in [0.05, 0.1) is 21.2 Å². The Morgan fingerprint density at radius 2 is 1.00 bits per heavy atom. The Labute approximate surface area is 172 Å². The minimum atomic E-state index is -0.625. The van der Waals surface area contributed by atoms with E-state index >= 15 is 0 Å². The van der Waals surface area contributed by atoms with Gasteiger partial charge in [0.2, 0.25) is 0 Å². The second-order valence-electron chi connectivity index (χ2n) is 5.94. The molecule has 142 valence electrons. The maximum atomic E-state index is 12.3. The number of esters is 2. The van der Waals surface area contributed by atoms with Crippen LogP contribution in [0.25, 0.3) is 0 Å². The lowest BCUT2D eigenvalue weighted by Crippen LogP contribution is -2.10. The molecule has 0 bridgehead atoms. The first kappa shape index (κ1) is 19.9. The third kappa shape index (κ3) is 5.12. The summed E-state index contributed by atoms with van der Waals surface area (Å²) in [4.78, 5) is 24.6. The summed E-state index contributed by atoms with van der Waals surface area (Å²) >= 11 is 12.3. The van der Waals surface area contributed by atoms with E-state index in [9.17, 15) is 9.59 Å². The van der Waals surface area contributed by atoms with Crippen molar-refractivity contribution < 1.29 is 19.1 Å². The molecule has 0 spiro atoms. The molecule has 0 radical (unpaired) electrons. The fourth-order valence-electron chi connectivity index (χ4n) is 2.46. The van der Waals surface area contributed by atoms with Crippen LogP contribution in [0.1, 0.15) is 31.8 Å². The minimum absolute atomic E-state index is 0.0640. The Morgan fingerprint density at radius 3 is 1.36 bits per heavy atom. The Balaban J connectivity index is 1.67. The molecule has 3 aromatic carbocycles. The number of carbonyl (C=O) groups is 2. The predicted octanol–water partition coefficient (Wildman–Crippen LogP) is 5.71. The molecule has 0 heterocycles. The third-order valence-electron chi connectivity index (χ3n) is 3.92. The van der Waals surface area contributed by atoms with Crippen LogP contribution in [-0.2, 0) is 22.7 Å². The summed E-state index contributed by atoms with van der Waals surface area (Å²) in [7, 11) is 0. The highest BCUT2D eigenvalue weighted by molar-refractivity contribution is 6.37. The van der Waals surface area contributed by atoms with Gasteiger partial charge in [0.15, 0.2) is 0 Å². The van der Waals surface area contributed by atoms with Crippen molar-refractivity contribution in [2.24, 2.45) is 0 Å². The number of ether oxygens (including phenoxy) is 2. The van der Waals surface area contributed by atoms with Gasteiger partial charge in [0, 0.05) is 0 Å². The minimum Gasteiger partial charge on any atom is -0.457 e. The average Bonchev–Trinajstić information content (AvgIpc) is 2.73. The van der Waals surface area contributed by atoms with E-state index in [2.05, 4.69) is 0 Å². The number of halogens is 2. The maximum absolute atomic E-state index is 12.3. The topological polar surface area (TPSA) is 52.6 Å². The van der Waals surface area contributed by atoms with Crippen molar-refractivity contribution in [3.8, 4) is 0 Å². The van der Waals surface area contributed by atoms with Crippen molar-refractivity contribution >= 4 is 35.1 Å². The van der Waals surface area contributed by atoms with E-state index in [-0.39, 0.29) is 34.4 Å². The maximum Gasteiger partial charge on any atom is 0.340 e. The van der Waals surface area contributed by atoms with Crippen LogP contribution in [-0.4, -0.2) is 11.9 Å². The summed E-state index contributed by atoms with van der Waals surface area (Å²) in [6.45, 7) is 0.211. The molecule has 4 nitrogen and oxygen atoms in total. The van der Waals surface area contributed by atoms with Gasteiger partial charge in [-0.25, -0.2) is 9.59 Å². The van der Waals surface area contributed by atoms with Gasteiger partial charge < -0.3 is 9.47 Å². The molecule has 0 atom stereocenters. The van der Waals surface area contributed by atoms with Gasteiger partial charge in [-0.05, 0) is 23.3 Å². The molecule has 0 fully saturated rings. The largest absolute Gasteiger partial charge is 0.457 e. The molecule has 0 aliphatic heterocycles. The van der Waals surface area contributed by atoms with E-state index in [4.69, 9.17) is 32.7 Å². The highest BCUT2D eigenvalue weighted by atomic mass is 35.5. The standard InChI is InChI=1S/C22H16Cl2O4/c23-19-12-18(22(26)28-14-16-9-5-2-6-10-16)20(24)11-17(19)21(25)27-13-15-7-3-1-4-8-15/h1-12H,13-14H2. The van der Waals surface area contributed by atoms with Crippen LogP contribution in [0, 0.1) is 0 Å². The van der Waals surface area contributed by atoms with Crippen molar-refractivity contribution in [3.63, 3.8) is 0 Å². The lowest BCUT2D eigenvalue weighted by molar-refractivity contribution is 0.0459. The van der Waals surface area contributed by atoms with Gasteiger partial charge in [0.1, 0.15) is 13.2 Å². The summed E-state index contributed by atoms with van der Waals surface area (Å²) in [5.41, 5.74) is 1.86. The monoisotopic (exact) mass is 414 g/mol. The lowest BCUT2D eigenvalue weighted by Gasteiger charge is -2.10. The molecule has 0 unspecified atom stereocenters. The predicted molar refractivity (Wildman–Crippen MR) is 108 cm³/mol. The van der Waals surface area contributed by atoms with Crippen molar-refractivity contribution in [2.75, 3.05) is 0 Å². The smallest absolute Gasteiger partial charge is 0.340 e. The summed E-state index contributed by atoms with van der Waals surface area (Å²) in [5.74, 6) is -1.25. The second kappa shape index (κ2) is 9.40. The Hall–Kier alpha value is -2.82. The zero-order chi connectivity index (χ0) is 19.9. The van der Waals surface area contributed by atoms with E-state index in [0.29, 0.717) is 0 Å². The van der Waals surface area contributed by atoms with Gasteiger partial charge in [-0.15, -0.1) is 0 Å². The van der Waals surface area contributed by atoms with Crippen molar-refractivity contribution in [1.29, 1.82) is 0 Å². The van der Waals surface area contributed by atoms with E-state index in [1.165, 1.54) is 12.1 Å². The van der Waals surface area contributed by atoms with Crippen molar-refractivity contribution in [1.82, 2.24) is 0 Å². The van der Waals surface area contributed by atoms with E-state index in [1.54, 1.807) is 0 Å². The Morgan fingerprint density at radius 1 is 0.643 bits per heavy atom. The van der Waals surface area contributed by atoms with Crippen LogP contribution in [0.2, 0.25) is 10.0 Å². The van der Waals surface area contributed by atoms with Gasteiger partial charge >= 0.3 is 11.9 Å². The number of rotatable bonds is 6. The van der Waals surface area contributed by atoms with Crippen molar-refractivity contribution in [2.45, 2.75) is 13.2 Å². The molecule has 0 amide bonds. The zero-order valence-electron chi connectivity index (χ0n) is 14.7. The first-order valence-corrected chi connectivity index (χ1v) is 9.21. The van der Waals surface area contributed by atoms with Crippen LogP contribution in [0.3, 0.4) is 0 Å². The number of hydrogen-bond donors (Lipinski definition) is 0. The first-order valence-electron chi connectivity index (χ1n) is 8.45. The molecule has 3 rings (SSSR count). The SMILES string of the molecule is O=C(OCc1ccccc1)c1cc(Cl)c(C(=O)OCc2ccccc2)cc1Cl. The van der Waals surface area contributed by atoms with Gasteiger partial charge in [-0.2, -0.15) is 0 Å². The van der Waals surface area contributed by atoms with Gasteiger partial charge in [-0.3, -0.25) is 0 Å². The summed E-state index contributed by atoms with van der Waals surface area (Å²) in [6.07, 6.45) is 0. The molecular weight excluding hydrogens is 399 g/mol. The quantitative estimate of drug-likeness (QED) is 0.484. The Kier molecular flexibility index (Phi) is 6.69. The fraction of sp³-hybridized carbons (Fsp3) is 0.0909. The van der Waals surface area contributed by atoms with E-state index in [1.807, 2.05) is 60.7 Å². The molecule has 6 heteroatoms. The highest BCUT2D eigenvalue weighted by Gasteiger charge is 2.20. The highest BCUT2D eigenvalue weighted by Crippen LogP contribution is 2.27. The number of carbonyl (C=O) groups excluding carboxylic acids is 2. The van der Waals surface area contributed by atoms with Crippen LogP contribution in [0.15, 0.2) is 72.8 Å². The van der Waals surface area contributed by atoms with E-state index in [0.717, 1.165) is 11.1 Å². The van der Waals surface area contributed by atoms with Gasteiger partial charge in [-0.1, -0.05) is 83.9 Å². The molecular formula is C22H16Cl2O4. The summed E-state index contributed by atoms with van der Waals surface area (Å²) in [6, 6.07) is 21.1. The molecule has 0 aliphatic carbocycles. The zero-order valence-corrected chi connectivity index (χ0v) is 16.2. The first-order chi connectivity index (χ1) is 13.5. The van der Waals surface area contributed by atoms with Crippen LogP contribution >= 0.6 is 23.2 Å². The fourth-order valence-corrected chi connectivity index (χ4v) is 2.94. The van der Waals surface area contributed by atoms with Crippen molar-refractivity contribution in [3.05, 3.63) is 105 Å². The van der Waals surface area contributed by atoms with Crippen LogP contribution in [0.5, 0.6) is 0 Å². The normalized spacial score (nSPS) is 10.4. The number of hydrogen-bond acceptors (Lipinski definition) is 4. The molecule has 0 saturated heterocycles. The molecule has 28 heavy (non-hydrogen) atoms. The molecule has 0 N–H and O–H groups in total. The number of benzene rings is 3. The molecule has 0 aliphatic rings. The molecule has 0 saturated carbocycles. The van der Waals surface area contributed by atoms with Gasteiger partial charge in [0.25, 0.3) is 0 Å². The van der Waals surface area contributed by atoms with Crippen LogP contribution < -0.4 is 0 Å². The second-order valence-corrected chi connectivity index (χ2v) is 6.75. The summed E-state index contributed by atoms with van der Waals surface area (Å²) in [5, 5.41) is 0.128. The molecule has 0 aromatic heterocycles. The van der Waals surface area contributed by atoms with Crippen LogP contribution in [0.4, 0.5) is 0 Å². The average molecular weight is 415 g/mol. The Bertz CT molecular complexity index is 891. The lowest BCUT2D eigenvalue weighted by atomic mass is 10.1. The summed E-state index contributed by atoms with van der Waals surface area (Å²) < 4.78 is 10.5.